The van der Waals surface area contributed by atoms with Gasteiger partial charge in [0.05, 0.1) is 18.8 Å². The van der Waals surface area contributed by atoms with Crippen LogP contribution in [0.2, 0.25) is 0 Å². The molecule has 31 heavy (non-hydrogen) atoms. The van der Waals surface area contributed by atoms with Crippen LogP contribution < -0.4 is 15.1 Å². The molecule has 2 aliphatic rings. The van der Waals surface area contributed by atoms with Crippen molar-refractivity contribution in [2.75, 3.05) is 47.5 Å². The van der Waals surface area contributed by atoms with Gasteiger partial charge in [-0.2, -0.15) is 0 Å². The number of rotatable bonds is 5. The Bertz CT molecular complexity index is 1010. The lowest BCUT2D eigenvalue weighted by Crippen LogP contribution is -2.38. The van der Waals surface area contributed by atoms with Crippen molar-refractivity contribution in [3.05, 3.63) is 36.4 Å². The van der Waals surface area contributed by atoms with Crippen LogP contribution in [-0.4, -0.2) is 70.0 Å². The second kappa shape index (κ2) is 8.96. The van der Waals surface area contributed by atoms with Crippen LogP contribution in [-0.2, 0) is 20.3 Å². The predicted molar refractivity (Wildman–Crippen MR) is 114 cm³/mol. The fourth-order valence-corrected chi connectivity index (χ4v) is 4.52. The van der Waals surface area contributed by atoms with E-state index in [1.807, 2.05) is 4.90 Å². The molecule has 2 fully saturated rings. The Balaban J connectivity index is 1.46. The molecule has 2 aromatic rings. The van der Waals surface area contributed by atoms with E-state index in [0.29, 0.717) is 47.4 Å². The summed E-state index contributed by atoms with van der Waals surface area (Å²) in [5.41, 5.74) is 1.20. The molecule has 1 atom stereocenters. The molecule has 1 aromatic carbocycles. The van der Waals surface area contributed by atoms with E-state index in [9.17, 15) is 18.2 Å². The topological polar surface area (TPSA) is 105 Å². The number of hydrogen-bond donors (Lipinski definition) is 1. The molecule has 0 saturated carbocycles. The molecule has 164 valence electrons. The molecule has 4 rings (SSSR count). The summed E-state index contributed by atoms with van der Waals surface area (Å²) in [6, 6.07) is 4.47. The summed E-state index contributed by atoms with van der Waals surface area (Å²) < 4.78 is 31.5. The summed E-state index contributed by atoms with van der Waals surface area (Å²) in [4.78, 5) is 35.1. The largest absolute Gasteiger partial charge is 0.442 e. The molecule has 0 radical (unpaired) electrons. The van der Waals surface area contributed by atoms with Crippen LogP contribution in [0.4, 0.5) is 20.8 Å². The SMILES string of the molecule is CC(=O)NC[C@H]1CN(c2ccc(-c3cnc(N4CCS(=O)CC4)nc3)c(F)c2)C(=O)O1. The minimum absolute atomic E-state index is 0.203. The smallest absolute Gasteiger partial charge is 0.414 e. The predicted octanol–water partition coefficient (Wildman–Crippen LogP) is 1.31. The van der Waals surface area contributed by atoms with Gasteiger partial charge >= 0.3 is 6.09 Å². The average molecular weight is 447 g/mol. The van der Waals surface area contributed by atoms with E-state index >= 15 is 0 Å². The van der Waals surface area contributed by atoms with E-state index < -0.39 is 28.8 Å². The van der Waals surface area contributed by atoms with Crippen molar-refractivity contribution in [3.8, 4) is 11.1 Å². The fraction of sp³-hybridized carbons (Fsp3) is 0.400. The molecule has 2 saturated heterocycles. The maximum atomic E-state index is 14.8. The zero-order chi connectivity index (χ0) is 22.0. The van der Waals surface area contributed by atoms with Gasteiger partial charge < -0.3 is 15.0 Å². The van der Waals surface area contributed by atoms with Crippen molar-refractivity contribution in [3.63, 3.8) is 0 Å². The lowest BCUT2D eigenvalue weighted by molar-refractivity contribution is -0.119. The summed E-state index contributed by atoms with van der Waals surface area (Å²) >= 11 is 0. The number of aromatic nitrogens is 2. The molecule has 11 heteroatoms. The van der Waals surface area contributed by atoms with Gasteiger partial charge in [0.15, 0.2) is 0 Å². The van der Waals surface area contributed by atoms with E-state index in [1.165, 1.54) is 17.9 Å². The minimum Gasteiger partial charge on any atom is -0.442 e. The number of carbonyl (C=O) groups excluding carboxylic acids is 2. The monoisotopic (exact) mass is 447 g/mol. The van der Waals surface area contributed by atoms with Gasteiger partial charge in [0.2, 0.25) is 11.9 Å². The summed E-state index contributed by atoms with van der Waals surface area (Å²) in [5, 5.41) is 2.60. The van der Waals surface area contributed by atoms with Crippen molar-refractivity contribution in [1.82, 2.24) is 15.3 Å². The van der Waals surface area contributed by atoms with Crippen molar-refractivity contribution in [2.45, 2.75) is 13.0 Å². The Morgan fingerprint density at radius 1 is 1.29 bits per heavy atom. The van der Waals surface area contributed by atoms with E-state index in [2.05, 4.69) is 15.3 Å². The van der Waals surface area contributed by atoms with Gasteiger partial charge in [0.25, 0.3) is 0 Å². The van der Waals surface area contributed by atoms with Crippen LogP contribution in [0, 0.1) is 5.82 Å². The Labute approximate surface area is 181 Å². The number of halogens is 1. The number of hydrogen-bond acceptors (Lipinski definition) is 7. The van der Waals surface area contributed by atoms with Gasteiger partial charge in [0.1, 0.15) is 11.9 Å². The Morgan fingerprint density at radius 3 is 2.65 bits per heavy atom. The lowest BCUT2D eigenvalue weighted by Gasteiger charge is -2.26. The molecule has 3 heterocycles. The zero-order valence-electron chi connectivity index (χ0n) is 16.9. The van der Waals surface area contributed by atoms with E-state index in [4.69, 9.17) is 4.74 Å². The molecule has 0 unspecified atom stereocenters. The fourth-order valence-electron chi connectivity index (χ4n) is 3.46. The molecular formula is C20H22FN5O4S. The van der Waals surface area contributed by atoms with Crippen LogP contribution in [0.5, 0.6) is 0 Å². The molecule has 0 aliphatic carbocycles. The summed E-state index contributed by atoms with van der Waals surface area (Å²) in [6.07, 6.45) is 2.03. The van der Waals surface area contributed by atoms with Crippen LogP contribution in [0.25, 0.3) is 11.1 Å². The van der Waals surface area contributed by atoms with Crippen molar-refractivity contribution in [2.24, 2.45) is 0 Å². The summed E-state index contributed by atoms with van der Waals surface area (Å²) in [7, 11) is -0.786. The Hall–Kier alpha value is -3.08. The molecule has 0 spiro atoms. The molecular weight excluding hydrogens is 425 g/mol. The summed E-state index contributed by atoms with van der Waals surface area (Å²) in [6.45, 7) is 3.06. The molecule has 1 N–H and O–H groups in total. The van der Waals surface area contributed by atoms with Crippen LogP contribution >= 0.6 is 0 Å². The lowest BCUT2D eigenvalue weighted by atomic mass is 10.1. The minimum atomic E-state index is -0.786. The zero-order valence-corrected chi connectivity index (χ0v) is 17.7. The molecule has 9 nitrogen and oxygen atoms in total. The van der Waals surface area contributed by atoms with Gasteiger partial charge in [-0.3, -0.25) is 13.9 Å². The first-order valence-electron chi connectivity index (χ1n) is 9.85. The summed E-state index contributed by atoms with van der Waals surface area (Å²) in [5.74, 6) is 0.980. The van der Waals surface area contributed by atoms with Gasteiger partial charge in [-0.05, 0) is 18.2 Å². The van der Waals surface area contributed by atoms with Crippen LogP contribution in [0.15, 0.2) is 30.6 Å². The highest BCUT2D eigenvalue weighted by Gasteiger charge is 2.32. The van der Waals surface area contributed by atoms with Crippen LogP contribution in [0.3, 0.4) is 0 Å². The van der Waals surface area contributed by atoms with Crippen LogP contribution in [0.1, 0.15) is 6.92 Å². The molecule has 2 aliphatic heterocycles. The third-order valence-corrected chi connectivity index (χ3v) is 6.40. The molecule has 0 bridgehead atoms. The second-order valence-electron chi connectivity index (χ2n) is 7.32. The van der Waals surface area contributed by atoms with Crippen molar-refractivity contribution >= 4 is 34.4 Å². The number of nitrogens with zero attached hydrogens (tertiary/aromatic N) is 4. The standard InChI is InChI=1S/C20H22FN5O4S/c1-13(27)22-11-16-12-26(20(28)30-16)15-2-3-17(18(21)8-15)14-9-23-19(24-10-14)25-4-6-31(29)7-5-25/h2-3,8-10,16H,4-7,11-12H2,1H3,(H,22,27)/t16-/m0/s1. The number of amides is 2. The maximum absolute atomic E-state index is 14.8. The second-order valence-corrected chi connectivity index (χ2v) is 9.02. The van der Waals surface area contributed by atoms with Gasteiger partial charge in [0, 0.05) is 65.8 Å². The number of ether oxygens (including phenoxy) is 1. The highest BCUT2D eigenvalue weighted by atomic mass is 32.2. The third-order valence-electron chi connectivity index (χ3n) is 5.13. The van der Waals surface area contributed by atoms with E-state index in [0.717, 1.165) is 0 Å². The van der Waals surface area contributed by atoms with Crippen molar-refractivity contribution in [1.29, 1.82) is 0 Å². The van der Waals surface area contributed by atoms with Crippen molar-refractivity contribution < 1.29 is 22.9 Å². The van der Waals surface area contributed by atoms with Gasteiger partial charge in [-0.25, -0.2) is 19.2 Å². The maximum Gasteiger partial charge on any atom is 0.414 e. The van der Waals surface area contributed by atoms with E-state index in [1.54, 1.807) is 24.5 Å². The quantitative estimate of drug-likeness (QED) is 0.737. The first-order valence-corrected chi connectivity index (χ1v) is 11.3. The number of benzene rings is 1. The Morgan fingerprint density at radius 2 is 2.00 bits per heavy atom. The number of anilines is 2. The average Bonchev–Trinajstić information content (AvgIpc) is 3.13. The molecule has 1 aromatic heterocycles. The molecule has 2 amide bonds. The third kappa shape index (κ3) is 4.82. The van der Waals surface area contributed by atoms with E-state index in [-0.39, 0.29) is 19.0 Å². The van der Waals surface area contributed by atoms with Gasteiger partial charge in [-0.1, -0.05) is 0 Å². The Kier molecular flexibility index (Phi) is 6.12. The highest BCUT2D eigenvalue weighted by molar-refractivity contribution is 7.85. The first kappa shape index (κ1) is 21.2. The van der Waals surface area contributed by atoms with Gasteiger partial charge in [-0.15, -0.1) is 0 Å². The normalized spacial score (nSPS) is 19.4. The first-order chi connectivity index (χ1) is 14.9. The number of carbonyl (C=O) groups is 2. The number of cyclic esters (lactones) is 1. The number of nitrogens with one attached hydrogen (secondary N) is 1. The highest BCUT2D eigenvalue weighted by Crippen LogP contribution is 2.29.